The summed E-state index contributed by atoms with van der Waals surface area (Å²) in [6, 6.07) is 0. The molecule has 1 heterocycles. The van der Waals surface area contributed by atoms with Gasteiger partial charge < -0.3 is 10.4 Å². The molecule has 0 saturated heterocycles. The topological polar surface area (TPSA) is 62.2 Å². The highest BCUT2D eigenvalue weighted by Gasteiger charge is 2.39. The summed E-state index contributed by atoms with van der Waals surface area (Å²) in [6.07, 6.45) is 5.21. The van der Waals surface area contributed by atoms with Crippen LogP contribution in [0.4, 0.5) is 5.13 Å². The lowest BCUT2D eigenvalue weighted by Crippen LogP contribution is -2.33. The number of anilines is 1. The molecule has 0 amide bonds. The second kappa shape index (κ2) is 4.47. The Kier molecular flexibility index (Phi) is 3.04. The molecule has 2 aliphatic carbocycles. The van der Waals surface area contributed by atoms with Crippen molar-refractivity contribution in [3.05, 3.63) is 10.6 Å². The van der Waals surface area contributed by atoms with Crippen molar-refractivity contribution >= 4 is 22.4 Å². The maximum Gasteiger partial charge on any atom is 0.312 e. The van der Waals surface area contributed by atoms with Crippen molar-refractivity contribution in [2.45, 2.75) is 57.4 Å². The van der Waals surface area contributed by atoms with Gasteiger partial charge >= 0.3 is 5.97 Å². The van der Waals surface area contributed by atoms with Crippen molar-refractivity contribution < 1.29 is 9.90 Å². The number of carboxylic acids is 1. The van der Waals surface area contributed by atoms with Crippen LogP contribution in [0.5, 0.6) is 0 Å². The molecule has 4 nitrogen and oxygen atoms in total. The van der Waals surface area contributed by atoms with Gasteiger partial charge in [0.1, 0.15) is 5.92 Å². The molecular weight excluding hydrogens is 260 g/mol. The van der Waals surface area contributed by atoms with Crippen molar-refractivity contribution in [2.24, 2.45) is 5.92 Å². The summed E-state index contributed by atoms with van der Waals surface area (Å²) < 4.78 is 0. The van der Waals surface area contributed by atoms with Crippen LogP contribution in [-0.2, 0) is 11.2 Å². The van der Waals surface area contributed by atoms with Crippen LogP contribution in [0.2, 0.25) is 0 Å². The van der Waals surface area contributed by atoms with Gasteiger partial charge in [0.15, 0.2) is 5.13 Å². The number of nitrogens with one attached hydrogen (secondary N) is 1. The van der Waals surface area contributed by atoms with Gasteiger partial charge in [-0.1, -0.05) is 0 Å². The fourth-order valence-electron chi connectivity index (χ4n) is 2.89. The molecule has 19 heavy (non-hydrogen) atoms. The molecule has 1 saturated carbocycles. The highest BCUT2D eigenvalue weighted by Crippen LogP contribution is 2.43. The van der Waals surface area contributed by atoms with E-state index in [2.05, 4.69) is 24.1 Å². The molecular formula is C14H20N2O2S. The van der Waals surface area contributed by atoms with Crippen LogP contribution in [0.3, 0.4) is 0 Å². The van der Waals surface area contributed by atoms with Crippen molar-refractivity contribution in [3.63, 3.8) is 0 Å². The van der Waals surface area contributed by atoms with E-state index in [0.717, 1.165) is 40.9 Å². The van der Waals surface area contributed by atoms with Crippen LogP contribution in [-0.4, -0.2) is 21.6 Å². The van der Waals surface area contributed by atoms with Gasteiger partial charge in [0.2, 0.25) is 0 Å². The van der Waals surface area contributed by atoms with E-state index in [9.17, 15) is 9.90 Å². The Morgan fingerprint density at radius 3 is 2.79 bits per heavy atom. The molecule has 2 N–H and O–H groups in total. The summed E-state index contributed by atoms with van der Waals surface area (Å²) >= 11 is 1.64. The Morgan fingerprint density at radius 1 is 1.42 bits per heavy atom. The third-order valence-electron chi connectivity index (χ3n) is 4.28. The zero-order valence-corrected chi connectivity index (χ0v) is 12.2. The van der Waals surface area contributed by atoms with Crippen LogP contribution in [0.15, 0.2) is 0 Å². The van der Waals surface area contributed by atoms with Gasteiger partial charge in [0, 0.05) is 10.4 Å². The van der Waals surface area contributed by atoms with Gasteiger partial charge in [-0.2, -0.15) is 0 Å². The number of aryl methyl sites for hydroxylation is 1. The van der Waals surface area contributed by atoms with E-state index in [4.69, 9.17) is 0 Å². The van der Waals surface area contributed by atoms with Crippen LogP contribution in [0.1, 0.15) is 56.0 Å². The van der Waals surface area contributed by atoms with E-state index in [1.54, 1.807) is 11.3 Å². The van der Waals surface area contributed by atoms with Crippen molar-refractivity contribution in [3.8, 4) is 0 Å². The Bertz CT molecular complexity index is 506. The van der Waals surface area contributed by atoms with Gasteiger partial charge in [0.05, 0.1) is 5.69 Å². The highest BCUT2D eigenvalue weighted by atomic mass is 32.1. The van der Waals surface area contributed by atoms with Crippen molar-refractivity contribution in [2.75, 3.05) is 5.32 Å². The van der Waals surface area contributed by atoms with Gasteiger partial charge in [-0.25, -0.2) is 4.98 Å². The summed E-state index contributed by atoms with van der Waals surface area (Å²) in [7, 11) is 0. The van der Waals surface area contributed by atoms with E-state index in [-0.39, 0.29) is 5.54 Å². The molecule has 1 unspecified atom stereocenters. The summed E-state index contributed by atoms with van der Waals surface area (Å²) in [5, 5.41) is 13.7. The van der Waals surface area contributed by atoms with E-state index in [0.29, 0.717) is 0 Å². The number of aromatic nitrogens is 1. The lowest BCUT2D eigenvalue weighted by atomic mass is 9.91. The van der Waals surface area contributed by atoms with E-state index in [1.807, 2.05) is 0 Å². The number of fused-ring (bicyclic) bond motifs is 1. The maximum absolute atomic E-state index is 11.3. The first-order chi connectivity index (χ1) is 8.97. The lowest BCUT2D eigenvalue weighted by molar-refractivity contribution is -0.139. The Morgan fingerprint density at radius 2 is 2.16 bits per heavy atom. The number of hydrogen-bond acceptors (Lipinski definition) is 4. The van der Waals surface area contributed by atoms with Crippen LogP contribution in [0, 0.1) is 5.92 Å². The van der Waals surface area contributed by atoms with Crippen molar-refractivity contribution in [1.29, 1.82) is 0 Å². The summed E-state index contributed by atoms with van der Waals surface area (Å²) in [4.78, 5) is 17.0. The Labute approximate surface area is 117 Å². The van der Waals surface area contributed by atoms with Gasteiger partial charge in [0.25, 0.3) is 0 Å². The summed E-state index contributed by atoms with van der Waals surface area (Å²) in [5.41, 5.74) is 0.872. The van der Waals surface area contributed by atoms with E-state index >= 15 is 0 Å². The number of thiazole rings is 1. The second-order valence-corrected chi connectivity index (χ2v) is 7.32. The highest BCUT2D eigenvalue weighted by molar-refractivity contribution is 7.15. The largest absolute Gasteiger partial charge is 0.481 e. The molecule has 1 aromatic rings. The molecule has 0 aliphatic heterocycles. The first-order valence-corrected chi connectivity index (χ1v) is 7.79. The number of nitrogens with zero attached hydrogens (tertiary/aromatic N) is 1. The molecule has 0 bridgehead atoms. The SMILES string of the molecule is CC(C)(Nc1nc2c(s1)CCCC2C(=O)O)C1CC1. The normalized spacial score (nSPS) is 22.9. The maximum atomic E-state index is 11.3. The quantitative estimate of drug-likeness (QED) is 0.888. The zero-order chi connectivity index (χ0) is 13.6. The number of aliphatic carboxylic acids is 1. The minimum Gasteiger partial charge on any atom is -0.481 e. The first-order valence-electron chi connectivity index (χ1n) is 6.98. The standard InChI is InChI=1S/C14H20N2O2S/c1-14(2,8-6-7-8)16-13-15-11-9(12(17)18)4-3-5-10(11)19-13/h8-9H,3-7H2,1-2H3,(H,15,16)(H,17,18). The lowest BCUT2D eigenvalue weighted by Gasteiger charge is -2.25. The molecule has 5 heteroatoms. The molecule has 1 fully saturated rings. The van der Waals surface area contributed by atoms with Crippen molar-refractivity contribution in [1.82, 2.24) is 4.98 Å². The summed E-state index contributed by atoms with van der Waals surface area (Å²) in [6.45, 7) is 4.42. The number of carbonyl (C=O) groups is 1. The average Bonchev–Trinajstić information content (AvgIpc) is 3.10. The zero-order valence-electron chi connectivity index (χ0n) is 11.4. The molecule has 3 rings (SSSR count). The van der Waals surface area contributed by atoms with Crippen LogP contribution < -0.4 is 5.32 Å². The predicted octanol–water partition coefficient (Wildman–Crippen LogP) is 3.25. The Balaban J connectivity index is 1.83. The average molecular weight is 280 g/mol. The molecule has 1 aromatic heterocycles. The van der Waals surface area contributed by atoms with E-state index in [1.165, 1.54) is 12.8 Å². The third-order valence-corrected chi connectivity index (χ3v) is 5.33. The minimum absolute atomic E-state index is 0.0686. The van der Waals surface area contributed by atoms with E-state index < -0.39 is 11.9 Å². The number of rotatable bonds is 4. The smallest absolute Gasteiger partial charge is 0.312 e. The monoisotopic (exact) mass is 280 g/mol. The van der Waals surface area contributed by atoms with Crippen LogP contribution >= 0.6 is 11.3 Å². The molecule has 2 aliphatic rings. The first kappa shape index (κ1) is 12.9. The van der Waals surface area contributed by atoms with Gasteiger partial charge in [-0.3, -0.25) is 4.79 Å². The van der Waals surface area contributed by atoms with Gasteiger partial charge in [-0.05, 0) is 51.9 Å². The molecule has 1 atom stereocenters. The fraction of sp³-hybridized carbons (Fsp3) is 0.714. The minimum atomic E-state index is -0.737. The van der Waals surface area contributed by atoms with Crippen LogP contribution in [0.25, 0.3) is 0 Å². The third kappa shape index (κ3) is 2.48. The molecule has 0 spiro atoms. The molecule has 0 aromatic carbocycles. The number of carboxylic acid groups (broad SMARTS) is 1. The Hall–Kier alpha value is -1.10. The fourth-order valence-corrected chi connectivity index (χ4v) is 4.13. The second-order valence-electron chi connectivity index (χ2n) is 6.23. The molecule has 104 valence electrons. The predicted molar refractivity (Wildman–Crippen MR) is 75.9 cm³/mol. The summed E-state index contributed by atoms with van der Waals surface area (Å²) in [5.74, 6) is -0.414. The molecule has 0 radical (unpaired) electrons. The van der Waals surface area contributed by atoms with Gasteiger partial charge in [-0.15, -0.1) is 11.3 Å². The number of hydrogen-bond donors (Lipinski definition) is 2.